The fraction of sp³-hybridized carbons (Fsp3) is 0.0132. The number of aryl methyl sites for hydroxylation is 1. The molecule has 12 aromatic carbocycles. The van der Waals surface area contributed by atoms with Gasteiger partial charge in [-0.1, -0.05) is 206 Å². The van der Waals surface area contributed by atoms with Gasteiger partial charge in [0.2, 0.25) is 0 Å². The Morgan fingerprint density at radius 2 is 0.573 bits per heavy atom. The molecular weight excluding hydrogens is 997 g/mol. The van der Waals surface area contributed by atoms with Crippen LogP contribution in [0.1, 0.15) is 5.56 Å². The molecule has 0 saturated carbocycles. The van der Waals surface area contributed by atoms with E-state index in [-0.39, 0.29) is 0 Å². The number of aromatic nitrogens is 6. The van der Waals surface area contributed by atoms with Crippen molar-refractivity contribution in [3.05, 3.63) is 291 Å². The Morgan fingerprint density at radius 3 is 1.01 bits per heavy atom. The Balaban J connectivity index is 0.995. The number of para-hydroxylation sites is 5. The lowest BCUT2D eigenvalue weighted by Gasteiger charge is -2.22. The van der Waals surface area contributed by atoms with Crippen molar-refractivity contribution < 1.29 is 0 Å². The van der Waals surface area contributed by atoms with E-state index in [9.17, 15) is 0 Å². The zero-order chi connectivity index (χ0) is 54.3. The van der Waals surface area contributed by atoms with E-state index >= 15 is 0 Å². The molecule has 0 unspecified atom stereocenters. The predicted molar refractivity (Wildman–Crippen MR) is 340 cm³/mol. The Bertz CT molecular complexity index is 4800. The van der Waals surface area contributed by atoms with Crippen LogP contribution in [0.15, 0.2) is 285 Å². The average Bonchev–Trinajstić information content (AvgIpc) is 3.48. The summed E-state index contributed by atoms with van der Waals surface area (Å²) in [6.45, 7) is 2.19. The number of fused-ring (bicyclic) bond motifs is 9. The van der Waals surface area contributed by atoms with Gasteiger partial charge < -0.3 is 13.7 Å². The second kappa shape index (κ2) is 19.2. The fourth-order valence-electron chi connectivity index (χ4n) is 12.6. The van der Waals surface area contributed by atoms with Gasteiger partial charge in [0, 0.05) is 71.5 Å². The van der Waals surface area contributed by atoms with E-state index in [1.165, 1.54) is 71.1 Å². The number of rotatable bonds is 9. The van der Waals surface area contributed by atoms with Gasteiger partial charge in [0.05, 0.1) is 38.8 Å². The highest BCUT2D eigenvalue weighted by Crippen LogP contribution is 2.46. The smallest absolute Gasteiger partial charge is 0.164 e. The molecule has 0 atom stereocenters. The van der Waals surface area contributed by atoms with Gasteiger partial charge in [-0.05, 0) is 114 Å². The van der Waals surface area contributed by atoms with E-state index in [1.807, 2.05) is 36.4 Å². The summed E-state index contributed by atoms with van der Waals surface area (Å²) in [4.78, 5) is 15.9. The number of hydrogen-bond donors (Lipinski definition) is 0. The van der Waals surface area contributed by atoms with Gasteiger partial charge in [-0.2, -0.15) is 0 Å². The summed E-state index contributed by atoms with van der Waals surface area (Å²) >= 11 is 0. The van der Waals surface area contributed by atoms with Crippen LogP contribution in [0.2, 0.25) is 0 Å². The number of benzene rings is 12. The summed E-state index contributed by atoms with van der Waals surface area (Å²) in [5.41, 5.74) is 20.6. The molecule has 4 aromatic heterocycles. The van der Waals surface area contributed by atoms with Gasteiger partial charge in [0.25, 0.3) is 0 Å². The van der Waals surface area contributed by atoms with Gasteiger partial charge in [0.1, 0.15) is 0 Å². The third-order valence-electron chi connectivity index (χ3n) is 16.5. The first kappa shape index (κ1) is 47.1. The third kappa shape index (κ3) is 7.68. The Labute approximate surface area is 473 Å². The van der Waals surface area contributed by atoms with Crippen LogP contribution in [0.5, 0.6) is 0 Å². The molecule has 6 heteroatoms. The van der Waals surface area contributed by atoms with Crippen LogP contribution in [0.25, 0.3) is 150 Å². The van der Waals surface area contributed by atoms with Gasteiger partial charge in [-0.25, -0.2) is 15.0 Å². The standard InChI is InChI=1S/C76H50N6/c1-49-20-8-9-25-58(49)54-40-45-72-66(46-54)63-30-14-19-35-71(63)82(72)73-64(50-36-41-56(42-37-50)80-67-31-15-10-26-59(67)60-27-11-16-32-68(60)80)47-55(76-78-74(52-21-4-2-5-22-52)77-75(79-76)53-23-6-3-7-24-53)48-65(73)51-38-43-57(44-39-51)81-69-33-17-12-28-61(69)62-29-13-18-34-70(62)81/h2-48H,1H3. The SMILES string of the molecule is Cc1ccccc1-c1ccc2c(c1)c1ccccc1n2-c1c(-c2ccc(-n3c4ccccc4c4ccccc43)cc2)cc(-c2nc(-c3ccccc3)nc(-c3ccccc3)n2)cc1-c1ccc(-n2c3ccccc3c3ccccc32)cc1. The molecule has 0 aliphatic rings. The molecule has 16 aromatic rings. The quantitative estimate of drug-likeness (QED) is 0.145. The van der Waals surface area contributed by atoms with Crippen LogP contribution >= 0.6 is 0 Å². The van der Waals surface area contributed by atoms with Gasteiger partial charge in [-0.3, -0.25) is 0 Å². The molecule has 4 heterocycles. The Hall–Kier alpha value is -11.0. The lowest BCUT2D eigenvalue weighted by Crippen LogP contribution is -2.04. The third-order valence-corrected chi connectivity index (χ3v) is 16.5. The van der Waals surface area contributed by atoms with E-state index in [0.717, 1.165) is 67.0 Å². The predicted octanol–water partition coefficient (Wildman–Crippen LogP) is 19.5. The van der Waals surface area contributed by atoms with E-state index in [0.29, 0.717) is 17.5 Å². The minimum absolute atomic E-state index is 0.579. The maximum atomic E-state index is 5.38. The zero-order valence-electron chi connectivity index (χ0n) is 44.8. The fourth-order valence-corrected chi connectivity index (χ4v) is 12.6. The van der Waals surface area contributed by atoms with E-state index < -0.39 is 0 Å². The minimum atomic E-state index is 0.579. The molecule has 6 nitrogen and oxygen atoms in total. The summed E-state index contributed by atoms with van der Waals surface area (Å²) in [5, 5.41) is 7.26. The van der Waals surface area contributed by atoms with Crippen molar-refractivity contribution in [1.29, 1.82) is 0 Å². The first-order valence-electron chi connectivity index (χ1n) is 27.9. The molecule has 0 amide bonds. The number of nitrogens with zero attached hydrogens (tertiary/aromatic N) is 6. The molecule has 82 heavy (non-hydrogen) atoms. The van der Waals surface area contributed by atoms with Crippen molar-refractivity contribution in [2.24, 2.45) is 0 Å². The molecule has 0 fully saturated rings. The molecule has 16 rings (SSSR count). The van der Waals surface area contributed by atoms with Crippen molar-refractivity contribution in [2.45, 2.75) is 6.92 Å². The molecule has 0 saturated heterocycles. The highest BCUT2D eigenvalue weighted by atomic mass is 15.0. The van der Waals surface area contributed by atoms with Crippen molar-refractivity contribution in [1.82, 2.24) is 28.7 Å². The van der Waals surface area contributed by atoms with Gasteiger partial charge in [0.15, 0.2) is 17.5 Å². The lowest BCUT2D eigenvalue weighted by atomic mass is 9.92. The summed E-state index contributed by atoms with van der Waals surface area (Å²) in [7, 11) is 0. The number of hydrogen-bond acceptors (Lipinski definition) is 3. The normalized spacial score (nSPS) is 11.7. The second-order valence-corrected chi connectivity index (χ2v) is 21.2. The summed E-state index contributed by atoms with van der Waals surface area (Å²) < 4.78 is 7.27. The Morgan fingerprint density at radius 1 is 0.232 bits per heavy atom. The van der Waals surface area contributed by atoms with Crippen LogP contribution in [0, 0.1) is 6.92 Å². The summed E-state index contributed by atoms with van der Waals surface area (Å²) in [6, 6.07) is 103. The highest BCUT2D eigenvalue weighted by molar-refractivity contribution is 6.13. The van der Waals surface area contributed by atoms with Crippen LogP contribution in [-0.2, 0) is 0 Å². The summed E-state index contributed by atoms with van der Waals surface area (Å²) in [5.74, 6) is 1.79. The maximum Gasteiger partial charge on any atom is 0.164 e. The topological polar surface area (TPSA) is 53.5 Å². The van der Waals surface area contributed by atoms with Crippen molar-refractivity contribution in [2.75, 3.05) is 0 Å². The lowest BCUT2D eigenvalue weighted by molar-refractivity contribution is 1.07. The molecule has 0 bridgehead atoms. The molecule has 0 spiro atoms. The Kier molecular flexibility index (Phi) is 11.0. The van der Waals surface area contributed by atoms with Crippen LogP contribution < -0.4 is 0 Å². The largest absolute Gasteiger partial charge is 0.309 e. The molecule has 0 radical (unpaired) electrons. The zero-order valence-corrected chi connectivity index (χ0v) is 44.8. The molecule has 0 aliphatic carbocycles. The van der Waals surface area contributed by atoms with Gasteiger partial charge in [-0.15, -0.1) is 0 Å². The van der Waals surface area contributed by atoms with Gasteiger partial charge >= 0.3 is 0 Å². The maximum absolute atomic E-state index is 5.38. The van der Waals surface area contributed by atoms with E-state index in [1.54, 1.807) is 0 Å². The monoisotopic (exact) mass is 1050 g/mol. The molecule has 0 aliphatic heterocycles. The summed E-state index contributed by atoms with van der Waals surface area (Å²) in [6.07, 6.45) is 0. The molecule has 384 valence electrons. The molecular formula is C76H50N6. The van der Waals surface area contributed by atoms with E-state index in [2.05, 4.69) is 269 Å². The first-order valence-corrected chi connectivity index (χ1v) is 27.9. The highest BCUT2D eigenvalue weighted by Gasteiger charge is 2.25. The second-order valence-electron chi connectivity index (χ2n) is 21.2. The minimum Gasteiger partial charge on any atom is -0.309 e. The van der Waals surface area contributed by atoms with Crippen molar-refractivity contribution in [3.8, 4) is 84.6 Å². The first-order chi connectivity index (χ1) is 40.6. The van der Waals surface area contributed by atoms with Crippen molar-refractivity contribution >= 4 is 65.4 Å². The molecule has 0 N–H and O–H groups in total. The van der Waals surface area contributed by atoms with E-state index in [4.69, 9.17) is 15.0 Å². The van der Waals surface area contributed by atoms with Crippen LogP contribution in [0.3, 0.4) is 0 Å². The van der Waals surface area contributed by atoms with Crippen molar-refractivity contribution in [3.63, 3.8) is 0 Å². The van der Waals surface area contributed by atoms with Crippen LogP contribution in [-0.4, -0.2) is 28.7 Å². The average molecular weight is 1050 g/mol. The van der Waals surface area contributed by atoms with Crippen LogP contribution in [0.4, 0.5) is 0 Å².